The standard InChI is InChI=1S/C11H21N/c1-9(2)5-6-12-8-10-7-11(10,3)4/h10,12H,1,5-8H2,2-4H3. The summed E-state index contributed by atoms with van der Waals surface area (Å²) in [5.41, 5.74) is 1.90. The SMILES string of the molecule is C=C(C)CCNCC1CC1(C)C. The molecular weight excluding hydrogens is 146 g/mol. The molecule has 1 unspecified atom stereocenters. The van der Waals surface area contributed by atoms with E-state index in [1.165, 1.54) is 18.5 Å². The van der Waals surface area contributed by atoms with E-state index in [1.807, 2.05) is 0 Å². The van der Waals surface area contributed by atoms with E-state index in [-0.39, 0.29) is 0 Å². The van der Waals surface area contributed by atoms with E-state index in [4.69, 9.17) is 0 Å². The largest absolute Gasteiger partial charge is 0.316 e. The number of hydrogen-bond donors (Lipinski definition) is 1. The van der Waals surface area contributed by atoms with Crippen molar-refractivity contribution >= 4 is 0 Å². The quantitative estimate of drug-likeness (QED) is 0.490. The van der Waals surface area contributed by atoms with E-state index in [0.29, 0.717) is 5.41 Å². The lowest BCUT2D eigenvalue weighted by Crippen LogP contribution is -2.19. The zero-order valence-electron chi connectivity index (χ0n) is 8.61. The molecule has 12 heavy (non-hydrogen) atoms. The van der Waals surface area contributed by atoms with Gasteiger partial charge in [-0.25, -0.2) is 0 Å². The van der Waals surface area contributed by atoms with Gasteiger partial charge in [0.2, 0.25) is 0 Å². The first-order valence-corrected chi connectivity index (χ1v) is 4.87. The molecule has 1 aliphatic carbocycles. The highest BCUT2D eigenvalue weighted by Gasteiger charge is 2.44. The maximum Gasteiger partial charge on any atom is -0.00117 e. The summed E-state index contributed by atoms with van der Waals surface area (Å²) in [6, 6.07) is 0. The first kappa shape index (κ1) is 9.79. The summed E-state index contributed by atoms with van der Waals surface area (Å²) in [5, 5.41) is 3.47. The molecule has 1 aliphatic rings. The van der Waals surface area contributed by atoms with Crippen LogP contribution in [0.5, 0.6) is 0 Å². The van der Waals surface area contributed by atoms with Crippen molar-refractivity contribution in [1.29, 1.82) is 0 Å². The van der Waals surface area contributed by atoms with Crippen LogP contribution in [-0.2, 0) is 0 Å². The third-order valence-electron chi connectivity index (χ3n) is 2.84. The van der Waals surface area contributed by atoms with Crippen LogP contribution in [0.2, 0.25) is 0 Å². The highest BCUT2D eigenvalue weighted by Crippen LogP contribution is 2.50. The maximum absolute atomic E-state index is 3.88. The summed E-state index contributed by atoms with van der Waals surface area (Å²) in [6.45, 7) is 12.9. The van der Waals surface area contributed by atoms with Crippen LogP contribution in [0.1, 0.15) is 33.6 Å². The van der Waals surface area contributed by atoms with Crippen molar-refractivity contribution in [3.8, 4) is 0 Å². The minimum absolute atomic E-state index is 0.621. The molecule has 1 nitrogen and oxygen atoms in total. The van der Waals surface area contributed by atoms with Crippen molar-refractivity contribution in [3.05, 3.63) is 12.2 Å². The molecule has 1 heteroatoms. The van der Waals surface area contributed by atoms with Gasteiger partial charge in [0.05, 0.1) is 0 Å². The molecule has 0 aromatic heterocycles. The first-order valence-electron chi connectivity index (χ1n) is 4.87. The second-order valence-corrected chi connectivity index (χ2v) is 4.80. The summed E-state index contributed by atoms with van der Waals surface area (Å²) < 4.78 is 0. The van der Waals surface area contributed by atoms with Crippen molar-refractivity contribution in [2.75, 3.05) is 13.1 Å². The Bertz CT molecular complexity index is 170. The molecule has 0 aliphatic heterocycles. The van der Waals surface area contributed by atoms with Gasteiger partial charge in [-0.1, -0.05) is 19.4 Å². The highest BCUT2D eigenvalue weighted by molar-refractivity contribution is 4.96. The average Bonchev–Trinajstić information content (AvgIpc) is 2.51. The normalized spacial score (nSPS) is 25.4. The predicted octanol–water partition coefficient (Wildman–Crippen LogP) is 2.59. The minimum atomic E-state index is 0.621. The Morgan fingerprint density at radius 3 is 2.58 bits per heavy atom. The Balaban J connectivity index is 1.94. The Labute approximate surface area is 76.2 Å². The van der Waals surface area contributed by atoms with E-state index in [9.17, 15) is 0 Å². The van der Waals surface area contributed by atoms with Gasteiger partial charge in [-0.05, 0) is 44.2 Å². The van der Waals surface area contributed by atoms with E-state index < -0.39 is 0 Å². The molecule has 0 radical (unpaired) electrons. The van der Waals surface area contributed by atoms with Gasteiger partial charge in [-0.15, -0.1) is 6.58 Å². The monoisotopic (exact) mass is 167 g/mol. The average molecular weight is 167 g/mol. The molecule has 1 atom stereocenters. The molecule has 0 bridgehead atoms. The smallest absolute Gasteiger partial charge is 0.00117 e. The summed E-state index contributed by atoms with van der Waals surface area (Å²) in [5.74, 6) is 0.919. The van der Waals surface area contributed by atoms with E-state index in [1.54, 1.807) is 0 Å². The summed E-state index contributed by atoms with van der Waals surface area (Å²) >= 11 is 0. The first-order chi connectivity index (χ1) is 5.52. The van der Waals surface area contributed by atoms with Crippen LogP contribution in [0, 0.1) is 11.3 Å². The van der Waals surface area contributed by atoms with Gasteiger partial charge < -0.3 is 5.32 Å². The van der Waals surface area contributed by atoms with Crippen molar-refractivity contribution in [3.63, 3.8) is 0 Å². The van der Waals surface area contributed by atoms with Crippen molar-refractivity contribution in [2.24, 2.45) is 11.3 Å². The van der Waals surface area contributed by atoms with Gasteiger partial charge in [0, 0.05) is 0 Å². The Kier molecular flexibility index (Phi) is 2.94. The number of hydrogen-bond acceptors (Lipinski definition) is 1. The lowest BCUT2D eigenvalue weighted by atomic mass is 10.1. The van der Waals surface area contributed by atoms with Crippen LogP contribution in [0.25, 0.3) is 0 Å². The number of rotatable bonds is 5. The second-order valence-electron chi connectivity index (χ2n) is 4.80. The van der Waals surface area contributed by atoms with Crippen LogP contribution < -0.4 is 5.32 Å². The van der Waals surface area contributed by atoms with E-state index in [0.717, 1.165) is 18.9 Å². The van der Waals surface area contributed by atoms with Gasteiger partial charge in [-0.3, -0.25) is 0 Å². The van der Waals surface area contributed by atoms with Gasteiger partial charge in [0.15, 0.2) is 0 Å². The molecular formula is C11H21N. The molecule has 0 saturated heterocycles. The summed E-state index contributed by atoms with van der Waals surface area (Å²) in [7, 11) is 0. The maximum atomic E-state index is 3.88. The third kappa shape index (κ3) is 2.98. The predicted molar refractivity (Wildman–Crippen MR) is 54.2 cm³/mol. The molecule has 0 aromatic carbocycles. The van der Waals surface area contributed by atoms with Crippen molar-refractivity contribution in [2.45, 2.75) is 33.6 Å². The van der Waals surface area contributed by atoms with Crippen molar-refractivity contribution < 1.29 is 0 Å². The minimum Gasteiger partial charge on any atom is -0.316 e. The third-order valence-corrected chi connectivity index (χ3v) is 2.84. The van der Waals surface area contributed by atoms with E-state index in [2.05, 4.69) is 32.7 Å². The lowest BCUT2D eigenvalue weighted by Gasteiger charge is -2.05. The topological polar surface area (TPSA) is 12.0 Å². The van der Waals surface area contributed by atoms with Gasteiger partial charge in [0.25, 0.3) is 0 Å². The molecule has 0 spiro atoms. The fourth-order valence-electron chi connectivity index (χ4n) is 1.50. The Morgan fingerprint density at radius 1 is 1.58 bits per heavy atom. The molecule has 1 rings (SSSR count). The molecule has 1 saturated carbocycles. The Hall–Kier alpha value is -0.300. The Morgan fingerprint density at radius 2 is 2.17 bits per heavy atom. The van der Waals surface area contributed by atoms with Crippen LogP contribution in [-0.4, -0.2) is 13.1 Å². The van der Waals surface area contributed by atoms with E-state index >= 15 is 0 Å². The van der Waals surface area contributed by atoms with Crippen LogP contribution in [0.4, 0.5) is 0 Å². The molecule has 0 aromatic rings. The van der Waals surface area contributed by atoms with Gasteiger partial charge in [0.1, 0.15) is 0 Å². The van der Waals surface area contributed by atoms with Gasteiger partial charge in [-0.2, -0.15) is 0 Å². The second kappa shape index (κ2) is 3.61. The lowest BCUT2D eigenvalue weighted by molar-refractivity contribution is 0.521. The summed E-state index contributed by atoms with van der Waals surface area (Å²) in [4.78, 5) is 0. The molecule has 70 valence electrons. The van der Waals surface area contributed by atoms with Gasteiger partial charge >= 0.3 is 0 Å². The zero-order chi connectivity index (χ0) is 9.19. The number of nitrogens with one attached hydrogen (secondary N) is 1. The van der Waals surface area contributed by atoms with Crippen LogP contribution in [0.15, 0.2) is 12.2 Å². The van der Waals surface area contributed by atoms with Crippen molar-refractivity contribution in [1.82, 2.24) is 5.32 Å². The van der Waals surface area contributed by atoms with Crippen LogP contribution >= 0.6 is 0 Å². The fraction of sp³-hybridized carbons (Fsp3) is 0.818. The molecule has 0 heterocycles. The summed E-state index contributed by atoms with van der Waals surface area (Å²) in [6.07, 6.45) is 2.51. The zero-order valence-corrected chi connectivity index (χ0v) is 8.61. The fourth-order valence-corrected chi connectivity index (χ4v) is 1.50. The molecule has 1 N–H and O–H groups in total. The highest BCUT2D eigenvalue weighted by atomic mass is 14.9. The molecule has 0 amide bonds. The van der Waals surface area contributed by atoms with Crippen LogP contribution in [0.3, 0.4) is 0 Å². The molecule has 1 fully saturated rings.